The maximum atomic E-state index is 12.4. The van der Waals surface area contributed by atoms with Crippen LogP contribution in [0.1, 0.15) is 42.4 Å². The summed E-state index contributed by atoms with van der Waals surface area (Å²) in [4.78, 5) is 15.2. The fourth-order valence-corrected chi connectivity index (χ4v) is 2.44. The van der Waals surface area contributed by atoms with Crippen LogP contribution in [-0.4, -0.2) is 30.4 Å². The lowest BCUT2D eigenvalue weighted by Gasteiger charge is -2.23. The van der Waals surface area contributed by atoms with Crippen LogP contribution >= 0.6 is 11.3 Å². The summed E-state index contributed by atoms with van der Waals surface area (Å²) in [6.45, 7) is 8.22. The Hall–Kier alpha value is -1.31. The van der Waals surface area contributed by atoms with Gasteiger partial charge in [-0.3, -0.25) is 4.79 Å². The molecule has 1 atom stereocenters. The molecule has 1 rings (SSSR count). The summed E-state index contributed by atoms with van der Waals surface area (Å²) < 4.78 is 0. The third-order valence-electron chi connectivity index (χ3n) is 3.06. The second-order valence-corrected chi connectivity index (χ2v) is 5.47. The molecule has 1 aromatic rings. The minimum Gasteiger partial charge on any atom is -0.339 e. The number of hydrogen-bond donors (Lipinski definition) is 1. The third-order valence-corrected chi connectivity index (χ3v) is 3.90. The van der Waals surface area contributed by atoms with Crippen molar-refractivity contribution >= 4 is 17.2 Å². The van der Waals surface area contributed by atoms with E-state index in [1.165, 1.54) is 11.3 Å². The number of rotatable bonds is 5. The van der Waals surface area contributed by atoms with E-state index in [0.29, 0.717) is 12.5 Å². The van der Waals surface area contributed by atoms with Crippen molar-refractivity contribution in [2.75, 3.05) is 19.6 Å². The van der Waals surface area contributed by atoms with Crippen LogP contribution in [-0.2, 0) is 0 Å². The highest BCUT2D eigenvalue weighted by molar-refractivity contribution is 7.10. The molecule has 0 fully saturated rings. The van der Waals surface area contributed by atoms with Crippen molar-refractivity contribution in [1.29, 1.82) is 0 Å². The Morgan fingerprint density at radius 2 is 2.26 bits per heavy atom. The van der Waals surface area contributed by atoms with Crippen molar-refractivity contribution < 1.29 is 4.79 Å². The Kier molecular flexibility index (Phi) is 6.61. The summed E-state index contributed by atoms with van der Waals surface area (Å²) in [7, 11) is 0. The first-order valence-electron chi connectivity index (χ1n) is 6.69. The smallest absolute Gasteiger partial charge is 0.254 e. The SMILES string of the molecule is CCC(C)CN(CC)C(=O)c1csc(C#CCN)c1. The van der Waals surface area contributed by atoms with E-state index >= 15 is 0 Å². The standard InChI is InChI=1S/C15H22N2OS/c1-4-12(3)10-17(5-2)15(18)13-9-14(19-11-13)7-6-8-16/h9,11-12H,4-5,8,10,16H2,1-3H3. The maximum absolute atomic E-state index is 12.4. The van der Waals surface area contributed by atoms with Crippen molar-refractivity contribution in [1.82, 2.24) is 4.90 Å². The molecule has 0 aliphatic rings. The molecule has 1 heterocycles. The average molecular weight is 278 g/mol. The molecule has 0 radical (unpaired) electrons. The second kappa shape index (κ2) is 7.98. The molecule has 1 unspecified atom stereocenters. The molecular formula is C15H22N2OS. The molecule has 1 aromatic heterocycles. The van der Waals surface area contributed by atoms with Gasteiger partial charge in [0.1, 0.15) is 0 Å². The van der Waals surface area contributed by atoms with Gasteiger partial charge in [-0.1, -0.05) is 32.1 Å². The zero-order valence-corrected chi connectivity index (χ0v) is 12.7. The first kappa shape index (κ1) is 15.7. The topological polar surface area (TPSA) is 46.3 Å². The Morgan fingerprint density at radius 3 is 2.84 bits per heavy atom. The zero-order valence-electron chi connectivity index (χ0n) is 11.9. The summed E-state index contributed by atoms with van der Waals surface area (Å²) in [6, 6.07) is 1.86. The first-order valence-corrected chi connectivity index (χ1v) is 7.57. The van der Waals surface area contributed by atoms with Crippen LogP contribution in [0.4, 0.5) is 0 Å². The van der Waals surface area contributed by atoms with Crippen molar-refractivity contribution in [3.63, 3.8) is 0 Å². The second-order valence-electron chi connectivity index (χ2n) is 4.56. The molecule has 0 aromatic carbocycles. The lowest BCUT2D eigenvalue weighted by molar-refractivity contribution is 0.0741. The van der Waals surface area contributed by atoms with E-state index in [0.717, 1.165) is 30.0 Å². The summed E-state index contributed by atoms with van der Waals surface area (Å²) in [5, 5.41) is 1.88. The predicted molar refractivity (Wildman–Crippen MR) is 81.3 cm³/mol. The summed E-state index contributed by atoms with van der Waals surface area (Å²) >= 11 is 1.49. The monoisotopic (exact) mass is 278 g/mol. The highest BCUT2D eigenvalue weighted by Gasteiger charge is 2.17. The van der Waals surface area contributed by atoms with Gasteiger partial charge in [-0.25, -0.2) is 0 Å². The van der Waals surface area contributed by atoms with E-state index < -0.39 is 0 Å². The molecule has 104 valence electrons. The Morgan fingerprint density at radius 1 is 1.53 bits per heavy atom. The number of carbonyl (C=O) groups excluding carboxylic acids is 1. The highest BCUT2D eigenvalue weighted by Crippen LogP contribution is 2.16. The van der Waals surface area contributed by atoms with Gasteiger partial charge in [0, 0.05) is 18.5 Å². The molecule has 0 aliphatic carbocycles. The van der Waals surface area contributed by atoms with Crippen LogP contribution in [0.2, 0.25) is 0 Å². The van der Waals surface area contributed by atoms with Crippen LogP contribution in [0.25, 0.3) is 0 Å². The van der Waals surface area contributed by atoms with Crippen LogP contribution < -0.4 is 5.73 Å². The van der Waals surface area contributed by atoms with Crippen molar-refractivity contribution in [2.24, 2.45) is 11.7 Å². The molecule has 3 nitrogen and oxygen atoms in total. The van der Waals surface area contributed by atoms with E-state index in [1.54, 1.807) is 0 Å². The van der Waals surface area contributed by atoms with E-state index in [-0.39, 0.29) is 5.91 Å². The number of hydrogen-bond acceptors (Lipinski definition) is 3. The number of nitrogens with two attached hydrogens (primary N) is 1. The largest absolute Gasteiger partial charge is 0.339 e. The number of carbonyl (C=O) groups is 1. The zero-order chi connectivity index (χ0) is 14.3. The minimum absolute atomic E-state index is 0.0971. The predicted octanol–water partition coefficient (Wildman–Crippen LogP) is 2.57. The maximum Gasteiger partial charge on any atom is 0.254 e. The summed E-state index contributed by atoms with van der Waals surface area (Å²) in [5.74, 6) is 6.39. The van der Waals surface area contributed by atoms with Crippen LogP contribution in [0.3, 0.4) is 0 Å². The third kappa shape index (κ3) is 4.70. The van der Waals surface area contributed by atoms with Gasteiger partial charge >= 0.3 is 0 Å². The van der Waals surface area contributed by atoms with Crippen molar-refractivity contribution in [2.45, 2.75) is 27.2 Å². The van der Waals surface area contributed by atoms with E-state index in [1.807, 2.05) is 23.3 Å². The Bertz CT molecular complexity index is 470. The van der Waals surface area contributed by atoms with Crippen LogP contribution in [0.5, 0.6) is 0 Å². The molecule has 0 saturated carbocycles. The first-order chi connectivity index (χ1) is 9.12. The van der Waals surface area contributed by atoms with Crippen molar-refractivity contribution in [3.8, 4) is 11.8 Å². The lowest BCUT2D eigenvalue weighted by Crippen LogP contribution is -2.34. The molecule has 0 saturated heterocycles. The molecule has 4 heteroatoms. The number of thiophene rings is 1. The van der Waals surface area contributed by atoms with Gasteiger partial charge in [-0.05, 0) is 18.9 Å². The van der Waals surface area contributed by atoms with Gasteiger partial charge in [0.25, 0.3) is 5.91 Å². The Balaban J connectivity index is 2.77. The summed E-state index contributed by atoms with van der Waals surface area (Å²) in [6.07, 6.45) is 1.08. The summed E-state index contributed by atoms with van der Waals surface area (Å²) in [5.41, 5.74) is 6.07. The van der Waals surface area contributed by atoms with E-state index in [4.69, 9.17) is 5.73 Å². The molecular weight excluding hydrogens is 256 g/mol. The fraction of sp³-hybridized carbons (Fsp3) is 0.533. The fourth-order valence-electron chi connectivity index (χ4n) is 1.70. The van der Waals surface area contributed by atoms with Crippen molar-refractivity contribution in [3.05, 3.63) is 21.9 Å². The molecule has 1 amide bonds. The molecule has 19 heavy (non-hydrogen) atoms. The Labute approximate surface area is 119 Å². The van der Waals surface area contributed by atoms with Crippen LogP contribution in [0, 0.1) is 17.8 Å². The van der Waals surface area contributed by atoms with Crippen LogP contribution in [0.15, 0.2) is 11.4 Å². The van der Waals surface area contributed by atoms with E-state index in [9.17, 15) is 4.79 Å². The van der Waals surface area contributed by atoms with Gasteiger partial charge in [0.05, 0.1) is 17.0 Å². The van der Waals surface area contributed by atoms with E-state index in [2.05, 4.69) is 25.7 Å². The van der Waals surface area contributed by atoms with Gasteiger partial charge in [-0.15, -0.1) is 11.3 Å². The average Bonchev–Trinajstić information content (AvgIpc) is 2.90. The van der Waals surface area contributed by atoms with Gasteiger partial charge < -0.3 is 10.6 Å². The quantitative estimate of drug-likeness (QED) is 0.841. The van der Waals surface area contributed by atoms with Gasteiger partial charge in [-0.2, -0.15) is 0 Å². The molecule has 0 bridgehead atoms. The number of amides is 1. The normalized spacial score (nSPS) is 11.6. The van der Waals surface area contributed by atoms with Gasteiger partial charge in [0.15, 0.2) is 0 Å². The lowest BCUT2D eigenvalue weighted by atomic mass is 10.1. The minimum atomic E-state index is 0.0971. The highest BCUT2D eigenvalue weighted by atomic mass is 32.1. The van der Waals surface area contributed by atoms with Gasteiger partial charge in [0.2, 0.25) is 0 Å². The molecule has 0 spiro atoms. The molecule has 2 N–H and O–H groups in total. The molecule has 0 aliphatic heterocycles. The number of nitrogens with zero attached hydrogens (tertiary/aromatic N) is 1.